The van der Waals surface area contributed by atoms with Crippen LogP contribution in [-0.2, 0) is 17.4 Å². The zero-order chi connectivity index (χ0) is 20.6. The van der Waals surface area contributed by atoms with Crippen LogP contribution in [0.25, 0.3) is 0 Å². The summed E-state index contributed by atoms with van der Waals surface area (Å²) in [6.45, 7) is 2.03. The van der Waals surface area contributed by atoms with Crippen LogP contribution in [0.2, 0.25) is 0 Å². The smallest absolute Gasteiger partial charge is 0.275 e. The first-order valence-electron chi connectivity index (χ1n) is 9.17. The van der Waals surface area contributed by atoms with Gasteiger partial charge in [0.05, 0.1) is 16.9 Å². The molecule has 1 heterocycles. The van der Waals surface area contributed by atoms with E-state index in [1.807, 2.05) is 37.3 Å². The summed E-state index contributed by atoms with van der Waals surface area (Å²) in [5, 5.41) is 0. The molecule has 0 radical (unpaired) electrons. The minimum atomic E-state index is -4.47. The fourth-order valence-electron chi connectivity index (χ4n) is 3.36. The lowest BCUT2D eigenvalue weighted by Crippen LogP contribution is -2.25. The first-order valence-corrected chi connectivity index (χ1v) is 9.17. The lowest BCUT2D eigenvalue weighted by Gasteiger charge is -2.17. The Kier molecular flexibility index (Phi) is 4.70. The Morgan fingerprint density at radius 2 is 1.69 bits per heavy atom. The van der Waals surface area contributed by atoms with Crippen LogP contribution in [0.1, 0.15) is 23.6 Å². The molecule has 3 aromatic rings. The van der Waals surface area contributed by atoms with E-state index in [0.29, 0.717) is 16.9 Å². The number of carbonyl (C=O) groups is 1. The summed E-state index contributed by atoms with van der Waals surface area (Å²) in [6.07, 6.45) is -3.65. The molecule has 6 heteroatoms. The van der Waals surface area contributed by atoms with Crippen LogP contribution in [0, 0.1) is 0 Å². The number of rotatable bonds is 3. The summed E-state index contributed by atoms with van der Waals surface area (Å²) in [5.41, 5.74) is 2.45. The van der Waals surface area contributed by atoms with E-state index in [0.717, 1.165) is 24.1 Å². The predicted octanol–water partition coefficient (Wildman–Crippen LogP) is 6.07. The first kappa shape index (κ1) is 18.9. The van der Waals surface area contributed by atoms with Gasteiger partial charge in [0.15, 0.2) is 0 Å². The average Bonchev–Trinajstić information content (AvgIpc) is 2.99. The molecule has 0 aliphatic carbocycles. The number of hydrogen-bond donors (Lipinski definition) is 0. The van der Waals surface area contributed by atoms with E-state index in [-0.39, 0.29) is 17.3 Å². The molecular formula is C23H17F3N2O. The van der Waals surface area contributed by atoms with Gasteiger partial charge in [0.25, 0.3) is 5.91 Å². The van der Waals surface area contributed by atoms with Crippen molar-refractivity contribution in [2.75, 3.05) is 4.90 Å². The van der Waals surface area contributed by atoms with Crippen molar-refractivity contribution in [1.29, 1.82) is 0 Å². The summed E-state index contributed by atoms with van der Waals surface area (Å²) < 4.78 is 39.1. The zero-order valence-corrected chi connectivity index (χ0v) is 15.6. The molecule has 3 aromatic carbocycles. The van der Waals surface area contributed by atoms with Crippen molar-refractivity contribution in [2.45, 2.75) is 19.5 Å². The zero-order valence-electron chi connectivity index (χ0n) is 15.6. The van der Waals surface area contributed by atoms with Crippen LogP contribution in [0.15, 0.2) is 77.8 Å². The molecule has 146 valence electrons. The van der Waals surface area contributed by atoms with E-state index < -0.39 is 11.7 Å². The molecule has 0 aromatic heterocycles. The molecule has 0 N–H and O–H groups in total. The topological polar surface area (TPSA) is 32.7 Å². The molecule has 0 fully saturated rings. The summed E-state index contributed by atoms with van der Waals surface area (Å²) in [5.74, 6) is -0.364. The van der Waals surface area contributed by atoms with Gasteiger partial charge < -0.3 is 0 Å². The van der Waals surface area contributed by atoms with Gasteiger partial charge >= 0.3 is 6.18 Å². The number of hydrogen-bond acceptors (Lipinski definition) is 2. The van der Waals surface area contributed by atoms with Crippen LogP contribution in [-0.4, -0.2) is 11.6 Å². The molecule has 0 atom stereocenters. The Bertz CT molecular complexity index is 1120. The summed E-state index contributed by atoms with van der Waals surface area (Å²) in [6, 6.07) is 19.5. The van der Waals surface area contributed by atoms with Crippen molar-refractivity contribution in [1.82, 2.24) is 0 Å². The van der Waals surface area contributed by atoms with E-state index in [4.69, 9.17) is 0 Å². The molecule has 0 saturated carbocycles. The van der Waals surface area contributed by atoms with E-state index in [1.165, 1.54) is 12.1 Å². The van der Waals surface area contributed by atoms with E-state index >= 15 is 0 Å². The van der Waals surface area contributed by atoms with Crippen LogP contribution in [0.4, 0.5) is 30.2 Å². The van der Waals surface area contributed by atoms with Gasteiger partial charge in [0, 0.05) is 11.3 Å². The number of anilines is 2. The summed E-state index contributed by atoms with van der Waals surface area (Å²) in [7, 11) is 0. The quantitative estimate of drug-likeness (QED) is 0.531. The molecule has 29 heavy (non-hydrogen) atoms. The van der Waals surface area contributed by atoms with Gasteiger partial charge in [-0.05, 0) is 48.4 Å². The van der Waals surface area contributed by atoms with Gasteiger partial charge in [-0.2, -0.15) is 13.2 Å². The first-order chi connectivity index (χ1) is 13.9. The molecule has 3 nitrogen and oxygen atoms in total. The molecule has 1 amide bonds. The number of carbonyl (C=O) groups excluding carboxylic acids is 1. The Morgan fingerprint density at radius 3 is 2.45 bits per heavy atom. The number of amides is 1. The minimum Gasteiger partial charge on any atom is -0.275 e. The van der Waals surface area contributed by atoms with Crippen LogP contribution in [0.5, 0.6) is 0 Å². The normalized spacial score (nSPS) is 15.1. The number of benzene rings is 3. The highest BCUT2D eigenvalue weighted by molar-refractivity contribution is 6.56. The summed E-state index contributed by atoms with van der Waals surface area (Å²) >= 11 is 0. The number of halogens is 3. The maximum absolute atomic E-state index is 13.2. The molecule has 0 saturated heterocycles. The van der Waals surface area contributed by atoms with Gasteiger partial charge in [-0.3, -0.25) is 9.69 Å². The van der Waals surface area contributed by atoms with Crippen molar-refractivity contribution in [3.8, 4) is 0 Å². The Morgan fingerprint density at radius 1 is 0.931 bits per heavy atom. The number of alkyl halides is 3. The van der Waals surface area contributed by atoms with Crippen molar-refractivity contribution in [2.24, 2.45) is 4.99 Å². The van der Waals surface area contributed by atoms with Gasteiger partial charge in [-0.15, -0.1) is 0 Å². The third-order valence-corrected chi connectivity index (χ3v) is 4.80. The highest BCUT2D eigenvalue weighted by Crippen LogP contribution is 2.37. The number of fused-ring (bicyclic) bond motifs is 1. The fraction of sp³-hybridized carbons (Fsp3) is 0.130. The number of para-hydroxylation sites is 1. The Balaban J connectivity index is 1.82. The highest BCUT2D eigenvalue weighted by Gasteiger charge is 2.35. The van der Waals surface area contributed by atoms with Crippen molar-refractivity contribution >= 4 is 28.7 Å². The second kappa shape index (κ2) is 7.20. The third kappa shape index (κ3) is 3.53. The molecule has 0 bridgehead atoms. The predicted molar refractivity (Wildman–Crippen MR) is 107 cm³/mol. The fourth-order valence-corrected chi connectivity index (χ4v) is 3.36. The molecule has 1 aliphatic rings. The largest absolute Gasteiger partial charge is 0.416 e. The lowest BCUT2D eigenvalue weighted by atomic mass is 10.1. The molecule has 0 spiro atoms. The van der Waals surface area contributed by atoms with Crippen molar-refractivity contribution in [3.63, 3.8) is 0 Å². The minimum absolute atomic E-state index is 0.0853. The van der Waals surface area contributed by atoms with E-state index in [2.05, 4.69) is 4.99 Å². The van der Waals surface area contributed by atoms with E-state index in [9.17, 15) is 18.0 Å². The van der Waals surface area contributed by atoms with Gasteiger partial charge in [-0.25, -0.2) is 4.99 Å². The second-order valence-corrected chi connectivity index (χ2v) is 6.69. The lowest BCUT2D eigenvalue weighted by molar-refractivity contribution is -0.137. The molecule has 0 unspecified atom stereocenters. The molecular weight excluding hydrogens is 377 g/mol. The maximum atomic E-state index is 13.2. The van der Waals surface area contributed by atoms with E-state index in [1.54, 1.807) is 23.1 Å². The average molecular weight is 394 g/mol. The monoisotopic (exact) mass is 394 g/mol. The van der Waals surface area contributed by atoms with Gasteiger partial charge in [0.2, 0.25) is 0 Å². The standard InChI is InChI=1S/C23H17F3N2O/c1-2-15-7-5-10-18(13-15)28-20-12-4-3-11-19(20)21(22(28)29)27-17-9-6-8-16(14-17)23(24,25)26/h3-14H,2H2,1H3. The third-order valence-electron chi connectivity index (χ3n) is 4.80. The highest BCUT2D eigenvalue weighted by atomic mass is 19.4. The SMILES string of the molecule is CCc1cccc(N2C(=O)C(=Nc3cccc(C(F)(F)F)c3)c3ccccc32)c1. The van der Waals surface area contributed by atoms with Crippen LogP contribution in [0.3, 0.4) is 0 Å². The second-order valence-electron chi connectivity index (χ2n) is 6.69. The Labute approximate surface area is 166 Å². The van der Waals surface area contributed by atoms with Crippen LogP contribution >= 0.6 is 0 Å². The molecule has 4 rings (SSSR count). The van der Waals surface area contributed by atoms with Crippen molar-refractivity contribution < 1.29 is 18.0 Å². The van der Waals surface area contributed by atoms with Gasteiger partial charge in [0.1, 0.15) is 5.71 Å². The number of aliphatic imine (C=N–C) groups is 1. The number of nitrogens with zero attached hydrogens (tertiary/aromatic N) is 2. The Hall–Kier alpha value is -3.41. The summed E-state index contributed by atoms with van der Waals surface area (Å²) in [4.78, 5) is 19.1. The molecule has 1 aliphatic heterocycles. The van der Waals surface area contributed by atoms with Crippen LogP contribution < -0.4 is 4.90 Å². The maximum Gasteiger partial charge on any atom is 0.416 e. The number of aryl methyl sites for hydroxylation is 1. The van der Waals surface area contributed by atoms with Gasteiger partial charge in [-0.1, -0.05) is 43.3 Å². The van der Waals surface area contributed by atoms with Crippen molar-refractivity contribution in [3.05, 3.63) is 89.5 Å².